The van der Waals surface area contributed by atoms with Crippen LogP contribution >= 0.6 is 11.3 Å². The largest absolute Gasteiger partial charge is 0.326 e. The standard InChI is InChI=1S/C21H18N4O2S/c1-14-20(13-26)24-21(28-14)25(19-9-5-16(11-22)6-10-19)12-17-3-7-18(8-4-17)23-15(2)27/h3-10,13H,12H2,1-2H3,(H,23,27). The molecule has 0 saturated carbocycles. The lowest BCUT2D eigenvalue weighted by Crippen LogP contribution is -2.16. The second-order valence-electron chi connectivity index (χ2n) is 6.18. The molecule has 0 bridgehead atoms. The minimum Gasteiger partial charge on any atom is -0.326 e. The van der Waals surface area contributed by atoms with Gasteiger partial charge in [0.15, 0.2) is 11.4 Å². The molecule has 0 atom stereocenters. The second-order valence-corrected chi connectivity index (χ2v) is 7.36. The van der Waals surface area contributed by atoms with Gasteiger partial charge in [0, 0.05) is 23.2 Å². The van der Waals surface area contributed by atoms with Crippen molar-refractivity contribution < 1.29 is 9.59 Å². The highest BCUT2D eigenvalue weighted by Gasteiger charge is 2.17. The summed E-state index contributed by atoms with van der Waals surface area (Å²) in [6.45, 7) is 3.86. The summed E-state index contributed by atoms with van der Waals surface area (Å²) in [7, 11) is 0. The fourth-order valence-corrected chi connectivity index (χ4v) is 3.58. The van der Waals surface area contributed by atoms with Crippen molar-refractivity contribution in [1.82, 2.24) is 4.98 Å². The van der Waals surface area contributed by atoms with Gasteiger partial charge in [-0.05, 0) is 48.9 Å². The fourth-order valence-electron chi connectivity index (χ4n) is 2.68. The molecule has 3 aromatic rings. The molecule has 0 aliphatic rings. The molecule has 1 N–H and O–H groups in total. The Morgan fingerprint density at radius 2 is 1.89 bits per heavy atom. The normalized spacial score (nSPS) is 10.2. The predicted molar refractivity (Wildman–Crippen MR) is 110 cm³/mol. The third-order valence-electron chi connectivity index (χ3n) is 4.09. The van der Waals surface area contributed by atoms with Crippen molar-refractivity contribution >= 4 is 40.0 Å². The van der Waals surface area contributed by atoms with Gasteiger partial charge in [-0.15, -0.1) is 11.3 Å². The average Bonchev–Trinajstić information content (AvgIpc) is 3.07. The first kappa shape index (κ1) is 19.3. The molecule has 140 valence electrons. The lowest BCUT2D eigenvalue weighted by molar-refractivity contribution is -0.114. The Morgan fingerprint density at radius 3 is 2.43 bits per heavy atom. The van der Waals surface area contributed by atoms with Crippen molar-refractivity contribution in [2.45, 2.75) is 20.4 Å². The fraction of sp³-hybridized carbons (Fsp3) is 0.143. The van der Waals surface area contributed by atoms with Gasteiger partial charge in [0.05, 0.1) is 18.2 Å². The topological polar surface area (TPSA) is 86.1 Å². The zero-order valence-corrected chi connectivity index (χ0v) is 16.3. The van der Waals surface area contributed by atoms with Gasteiger partial charge < -0.3 is 10.2 Å². The van der Waals surface area contributed by atoms with Crippen LogP contribution in [0.4, 0.5) is 16.5 Å². The van der Waals surface area contributed by atoms with Gasteiger partial charge in [-0.1, -0.05) is 12.1 Å². The van der Waals surface area contributed by atoms with E-state index in [2.05, 4.69) is 16.4 Å². The molecule has 0 spiro atoms. The van der Waals surface area contributed by atoms with Crippen molar-refractivity contribution in [2.75, 3.05) is 10.2 Å². The van der Waals surface area contributed by atoms with Crippen LogP contribution in [-0.4, -0.2) is 17.2 Å². The van der Waals surface area contributed by atoms with E-state index in [4.69, 9.17) is 5.26 Å². The Kier molecular flexibility index (Phi) is 5.82. The smallest absolute Gasteiger partial charge is 0.221 e. The van der Waals surface area contributed by atoms with E-state index in [1.165, 1.54) is 18.3 Å². The second kappa shape index (κ2) is 8.46. The predicted octanol–water partition coefficient (Wildman–Crippen LogP) is 4.43. The highest BCUT2D eigenvalue weighted by atomic mass is 32.1. The number of hydrogen-bond acceptors (Lipinski definition) is 6. The SMILES string of the molecule is CC(=O)Nc1ccc(CN(c2ccc(C#N)cc2)c2nc(C=O)c(C)s2)cc1. The minimum atomic E-state index is -0.119. The summed E-state index contributed by atoms with van der Waals surface area (Å²) >= 11 is 1.44. The van der Waals surface area contributed by atoms with Gasteiger partial charge in [-0.3, -0.25) is 9.59 Å². The summed E-state index contributed by atoms with van der Waals surface area (Å²) in [6, 6.07) is 16.9. The number of carbonyl (C=O) groups is 2. The first-order chi connectivity index (χ1) is 13.5. The molecule has 6 nitrogen and oxygen atoms in total. The van der Waals surface area contributed by atoms with Gasteiger partial charge >= 0.3 is 0 Å². The number of rotatable bonds is 6. The van der Waals surface area contributed by atoms with E-state index < -0.39 is 0 Å². The highest BCUT2D eigenvalue weighted by Crippen LogP contribution is 2.33. The van der Waals surface area contributed by atoms with E-state index in [1.807, 2.05) is 48.2 Å². The molecule has 1 aromatic heterocycles. The zero-order chi connectivity index (χ0) is 20.1. The zero-order valence-electron chi connectivity index (χ0n) is 15.5. The Labute approximate surface area is 167 Å². The average molecular weight is 390 g/mol. The Balaban J connectivity index is 1.94. The lowest BCUT2D eigenvalue weighted by atomic mass is 10.1. The van der Waals surface area contributed by atoms with E-state index >= 15 is 0 Å². The molecule has 3 rings (SSSR count). The van der Waals surface area contributed by atoms with Crippen LogP contribution < -0.4 is 10.2 Å². The maximum absolute atomic E-state index is 11.2. The number of thiazole rings is 1. The van der Waals surface area contributed by atoms with E-state index in [1.54, 1.807) is 12.1 Å². The summed E-state index contributed by atoms with van der Waals surface area (Å²) in [5, 5.41) is 12.5. The maximum Gasteiger partial charge on any atom is 0.221 e. The van der Waals surface area contributed by atoms with Crippen molar-refractivity contribution in [3.8, 4) is 6.07 Å². The molecule has 0 unspecified atom stereocenters. The summed E-state index contributed by atoms with van der Waals surface area (Å²) in [4.78, 5) is 29.7. The third kappa shape index (κ3) is 4.42. The quantitative estimate of drug-likeness (QED) is 0.629. The number of nitrogens with one attached hydrogen (secondary N) is 1. The van der Waals surface area contributed by atoms with Crippen LogP contribution in [0.15, 0.2) is 48.5 Å². The van der Waals surface area contributed by atoms with Gasteiger partial charge in [0.2, 0.25) is 5.91 Å². The summed E-state index contributed by atoms with van der Waals surface area (Å²) in [5.74, 6) is -0.119. The molecule has 28 heavy (non-hydrogen) atoms. The molecule has 0 radical (unpaired) electrons. The van der Waals surface area contributed by atoms with Crippen LogP contribution in [0.2, 0.25) is 0 Å². The first-order valence-electron chi connectivity index (χ1n) is 8.57. The summed E-state index contributed by atoms with van der Waals surface area (Å²) < 4.78 is 0. The van der Waals surface area contributed by atoms with Gasteiger partial charge in [0.1, 0.15) is 5.69 Å². The molecular weight excluding hydrogens is 372 g/mol. The molecular formula is C21H18N4O2S. The summed E-state index contributed by atoms with van der Waals surface area (Å²) in [5.41, 5.74) is 3.62. The molecule has 0 saturated heterocycles. The van der Waals surface area contributed by atoms with Crippen molar-refractivity contribution in [3.05, 3.63) is 70.2 Å². The monoisotopic (exact) mass is 390 g/mol. The van der Waals surface area contributed by atoms with Crippen LogP contribution in [-0.2, 0) is 11.3 Å². The molecule has 2 aromatic carbocycles. The van der Waals surface area contributed by atoms with Crippen LogP contribution in [0, 0.1) is 18.3 Å². The lowest BCUT2D eigenvalue weighted by Gasteiger charge is -2.22. The summed E-state index contributed by atoms with van der Waals surface area (Å²) in [6.07, 6.45) is 0.758. The molecule has 1 heterocycles. The van der Waals surface area contributed by atoms with Crippen molar-refractivity contribution in [3.63, 3.8) is 0 Å². The Bertz CT molecular complexity index is 1030. The molecule has 0 aliphatic heterocycles. The van der Waals surface area contributed by atoms with Crippen LogP contribution in [0.3, 0.4) is 0 Å². The molecule has 7 heteroatoms. The van der Waals surface area contributed by atoms with Crippen LogP contribution in [0.25, 0.3) is 0 Å². The van der Waals surface area contributed by atoms with Gasteiger partial charge in [-0.25, -0.2) is 4.98 Å². The Morgan fingerprint density at radius 1 is 1.21 bits per heavy atom. The molecule has 0 aliphatic carbocycles. The number of anilines is 3. The number of nitrogens with zero attached hydrogens (tertiary/aromatic N) is 3. The minimum absolute atomic E-state index is 0.119. The van der Waals surface area contributed by atoms with Crippen molar-refractivity contribution in [2.24, 2.45) is 0 Å². The number of nitriles is 1. The van der Waals surface area contributed by atoms with E-state index in [-0.39, 0.29) is 5.91 Å². The highest BCUT2D eigenvalue weighted by molar-refractivity contribution is 7.15. The van der Waals surface area contributed by atoms with E-state index in [9.17, 15) is 9.59 Å². The number of aromatic nitrogens is 1. The third-order valence-corrected chi connectivity index (χ3v) is 5.10. The van der Waals surface area contributed by atoms with Crippen LogP contribution in [0.5, 0.6) is 0 Å². The van der Waals surface area contributed by atoms with E-state index in [0.717, 1.165) is 28.1 Å². The number of amides is 1. The van der Waals surface area contributed by atoms with Crippen molar-refractivity contribution in [1.29, 1.82) is 5.26 Å². The molecule has 0 fully saturated rings. The number of aldehydes is 1. The first-order valence-corrected chi connectivity index (χ1v) is 9.38. The number of hydrogen-bond donors (Lipinski definition) is 1. The number of benzene rings is 2. The Hall–Kier alpha value is -3.50. The maximum atomic E-state index is 11.2. The van der Waals surface area contributed by atoms with Gasteiger partial charge in [-0.2, -0.15) is 5.26 Å². The van der Waals surface area contributed by atoms with Crippen LogP contribution in [0.1, 0.15) is 33.4 Å². The number of carbonyl (C=O) groups excluding carboxylic acids is 2. The van der Waals surface area contributed by atoms with Gasteiger partial charge in [0.25, 0.3) is 0 Å². The molecule has 1 amide bonds. The van der Waals surface area contributed by atoms with E-state index in [0.29, 0.717) is 22.9 Å². The number of aryl methyl sites for hydroxylation is 1.